The van der Waals surface area contributed by atoms with Crippen molar-refractivity contribution in [1.29, 1.82) is 0 Å². The predicted octanol–water partition coefficient (Wildman–Crippen LogP) is 3.41. The highest BCUT2D eigenvalue weighted by molar-refractivity contribution is 6.30. The molecule has 2 aromatic carbocycles. The van der Waals surface area contributed by atoms with E-state index in [1.165, 1.54) is 12.1 Å². The van der Waals surface area contributed by atoms with Gasteiger partial charge >= 0.3 is 0 Å². The Kier molecular flexibility index (Phi) is 4.27. The van der Waals surface area contributed by atoms with Crippen molar-refractivity contribution in [3.63, 3.8) is 0 Å². The third-order valence-corrected chi connectivity index (χ3v) is 3.49. The van der Waals surface area contributed by atoms with E-state index in [9.17, 15) is 4.39 Å². The van der Waals surface area contributed by atoms with Crippen molar-refractivity contribution < 1.29 is 13.9 Å². The average Bonchev–Trinajstić information content (AvgIpc) is 2.44. The Balaban J connectivity index is 1.69. The van der Waals surface area contributed by atoms with Gasteiger partial charge in [-0.1, -0.05) is 23.7 Å². The Hall–Kier alpha value is -1.78. The number of rotatable bonds is 5. The molecule has 3 rings (SSSR count). The summed E-state index contributed by atoms with van der Waals surface area (Å²) in [4.78, 5) is 0. The van der Waals surface area contributed by atoms with Crippen LogP contribution in [0.25, 0.3) is 0 Å². The Morgan fingerprint density at radius 3 is 2.52 bits per heavy atom. The normalized spacial score (nSPS) is 14.6. The van der Waals surface area contributed by atoms with E-state index in [0.717, 1.165) is 18.7 Å². The SMILES string of the molecule is Fc1ccc(COc2ccc(Cl)cc2OC2CNC2)cc1. The molecule has 2 aromatic rings. The third-order valence-electron chi connectivity index (χ3n) is 3.25. The standard InChI is InChI=1S/C16H15ClFNO2/c17-12-3-6-15(16(7-12)21-14-8-19-9-14)20-10-11-1-4-13(18)5-2-11/h1-7,14,19H,8-10H2. The van der Waals surface area contributed by atoms with Crippen molar-refractivity contribution in [2.45, 2.75) is 12.7 Å². The van der Waals surface area contributed by atoms with Crippen LogP contribution in [0.4, 0.5) is 4.39 Å². The van der Waals surface area contributed by atoms with Gasteiger partial charge in [-0.25, -0.2) is 4.39 Å². The maximum atomic E-state index is 12.9. The zero-order valence-corrected chi connectivity index (χ0v) is 12.1. The first-order valence-electron chi connectivity index (χ1n) is 6.75. The molecule has 5 heteroatoms. The van der Waals surface area contributed by atoms with Crippen LogP contribution in [0.5, 0.6) is 11.5 Å². The predicted molar refractivity (Wildman–Crippen MR) is 79.5 cm³/mol. The lowest BCUT2D eigenvalue weighted by molar-refractivity contribution is 0.134. The lowest BCUT2D eigenvalue weighted by atomic mass is 10.2. The van der Waals surface area contributed by atoms with Crippen molar-refractivity contribution >= 4 is 11.6 Å². The molecule has 3 nitrogen and oxygen atoms in total. The third kappa shape index (κ3) is 3.65. The smallest absolute Gasteiger partial charge is 0.163 e. The second-order valence-electron chi connectivity index (χ2n) is 4.90. The molecule has 1 N–H and O–H groups in total. The first-order chi connectivity index (χ1) is 10.2. The van der Waals surface area contributed by atoms with E-state index >= 15 is 0 Å². The quantitative estimate of drug-likeness (QED) is 0.918. The van der Waals surface area contributed by atoms with E-state index in [2.05, 4.69) is 5.32 Å². The molecule has 0 amide bonds. The van der Waals surface area contributed by atoms with E-state index in [4.69, 9.17) is 21.1 Å². The summed E-state index contributed by atoms with van der Waals surface area (Å²) in [7, 11) is 0. The van der Waals surface area contributed by atoms with Crippen molar-refractivity contribution in [2.24, 2.45) is 0 Å². The molecule has 0 saturated carbocycles. The number of benzene rings is 2. The molecule has 0 radical (unpaired) electrons. The summed E-state index contributed by atoms with van der Waals surface area (Å²) in [5.74, 6) is 1.01. The maximum Gasteiger partial charge on any atom is 0.163 e. The Morgan fingerprint density at radius 2 is 1.86 bits per heavy atom. The lowest BCUT2D eigenvalue weighted by Crippen LogP contribution is -2.50. The minimum atomic E-state index is -0.258. The van der Waals surface area contributed by atoms with Crippen LogP contribution in [0.2, 0.25) is 5.02 Å². The zero-order valence-electron chi connectivity index (χ0n) is 11.3. The number of hydrogen-bond acceptors (Lipinski definition) is 3. The molecule has 1 aliphatic rings. The molecule has 1 heterocycles. The van der Waals surface area contributed by atoms with E-state index in [1.807, 2.05) is 0 Å². The van der Waals surface area contributed by atoms with E-state index in [-0.39, 0.29) is 11.9 Å². The van der Waals surface area contributed by atoms with Crippen LogP contribution in [0, 0.1) is 5.82 Å². The van der Waals surface area contributed by atoms with Crippen LogP contribution in [0.3, 0.4) is 0 Å². The van der Waals surface area contributed by atoms with Gasteiger partial charge < -0.3 is 14.8 Å². The molecule has 0 aliphatic carbocycles. The topological polar surface area (TPSA) is 30.5 Å². The Morgan fingerprint density at radius 1 is 1.10 bits per heavy atom. The van der Waals surface area contributed by atoms with Gasteiger partial charge in [-0.3, -0.25) is 0 Å². The van der Waals surface area contributed by atoms with Crippen LogP contribution in [0.1, 0.15) is 5.56 Å². The van der Waals surface area contributed by atoms with Crippen LogP contribution < -0.4 is 14.8 Å². The molecule has 1 aliphatic heterocycles. The van der Waals surface area contributed by atoms with Gasteiger partial charge in [0, 0.05) is 24.2 Å². The first kappa shape index (κ1) is 14.2. The minimum Gasteiger partial charge on any atom is -0.485 e. The minimum absolute atomic E-state index is 0.150. The second-order valence-corrected chi connectivity index (χ2v) is 5.34. The summed E-state index contributed by atoms with van der Waals surface area (Å²) in [6, 6.07) is 11.5. The number of ether oxygens (including phenoxy) is 2. The second kappa shape index (κ2) is 6.33. The average molecular weight is 308 g/mol. The van der Waals surface area contributed by atoms with Crippen LogP contribution >= 0.6 is 11.6 Å². The summed E-state index contributed by atoms with van der Waals surface area (Å²) >= 11 is 6.00. The number of nitrogens with one attached hydrogen (secondary N) is 1. The molecule has 1 fully saturated rings. The molecule has 21 heavy (non-hydrogen) atoms. The molecule has 0 atom stereocenters. The van der Waals surface area contributed by atoms with Gasteiger partial charge in [-0.15, -0.1) is 0 Å². The van der Waals surface area contributed by atoms with Gasteiger partial charge in [0.05, 0.1) is 0 Å². The molecule has 0 spiro atoms. The zero-order chi connectivity index (χ0) is 14.7. The number of halogens is 2. The van der Waals surface area contributed by atoms with Gasteiger partial charge in [0.15, 0.2) is 11.5 Å². The monoisotopic (exact) mass is 307 g/mol. The van der Waals surface area contributed by atoms with E-state index in [1.54, 1.807) is 30.3 Å². The lowest BCUT2D eigenvalue weighted by Gasteiger charge is -2.28. The van der Waals surface area contributed by atoms with Gasteiger partial charge in [0.2, 0.25) is 0 Å². The largest absolute Gasteiger partial charge is 0.485 e. The molecular formula is C16H15ClFNO2. The highest BCUT2D eigenvalue weighted by Crippen LogP contribution is 2.32. The summed E-state index contributed by atoms with van der Waals surface area (Å²) in [6.07, 6.45) is 0.150. The molecule has 110 valence electrons. The highest BCUT2D eigenvalue weighted by Gasteiger charge is 2.20. The van der Waals surface area contributed by atoms with Gasteiger partial charge in [-0.05, 0) is 29.8 Å². The molecule has 0 aromatic heterocycles. The van der Waals surface area contributed by atoms with Crippen molar-refractivity contribution in [3.8, 4) is 11.5 Å². The van der Waals surface area contributed by atoms with E-state index < -0.39 is 0 Å². The van der Waals surface area contributed by atoms with Crippen molar-refractivity contribution in [2.75, 3.05) is 13.1 Å². The summed E-state index contributed by atoms with van der Waals surface area (Å²) in [5, 5.41) is 3.75. The first-order valence-corrected chi connectivity index (χ1v) is 7.13. The fourth-order valence-corrected chi connectivity index (χ4v) is 2.12. The van der Waals surface area contributed by atoms with Crippen LogP contribution in [0.15, 0.2) is 42.5 Å². The van der Waals surface area contributed by atoms with Crippen LogP contribution in [-0.4, -0.2) is 19.2 Å². The summed E-state index contributed by atoms with van der Waals surface area (Å²) in [6.45, 7) is 2.00. The Labute approximate surface area is 127 Å². The van der Waals surface area contributed by atoms with E-state index in [0.29, 0.717) is 23.1 Å². The highest BCUT2D eigenvalue weighted by atomic mass is 35.5. The Bertz CT molecular complexity index is 614. The fourth-order valence-electron chi connectivity index (χ4n) is 1.96. The molecule has 1 saturated heterocycles. The van der Waals surface area contributed by atoms with Gasteiger partial charge in [0.25, 0.3) is 0 Å². The van der Waals surface area contributed by atoms with Gasteiger partial charge in [-0.2, -0.15) is 0 Å². The molecular weight excluding hydrogens is 293 g/mol. The molecule has 0 unspecified atom stereocenters. The van der Waals surface area contributed by atoms with Crippen molar-refractivity contribution in [1.82, 2.24) is 5.32 Å². The fraction of sp³-hybridized carbons (Fsp3) is 0.250. The maximum absolute atomic E-state index is 12.9. The van der Waals surface area contributed by atoms with Gasteiger partial charge in [0.1, 0.15) is 18.5 Å². The molecule has 0 bridgehead atoms. The summed E-state index contributed by atoms with van der Waals surface area (Å²) in [5.41, 5.74) is 0.891. The van der Waals surface area contributed by atoms with Crippen molar-refractivity contribution in [3.05, 3.63) is 58.9 Å². The van der Waals surface area contributed by atoms with Crippen LogP contribution in [-0.2, 0) is 6.61 Å². The summed E-state index contributed by atoms with van der Waals surface area (Å²) < 4.78 is 24.5. The number of hydrogen-bond donors (Lipinski definition) is 1.